The van der Waals surface area contributed by atoms with Gasteiger partial charge in [-0.2, -0.15) is 0 Å². The highest BCUT2D eigenvalue weighted by molar-refractivity contribution is 6.53. The Morgan fingerprint density at radius 1 is 0.946 bits per heavy atom. The molecule has 0 heterocycles. The van der Waals surface area contributed by atoms with Crippen LogP contribution in [0.4, 0.5) is 25.8 Å². The first kappa shape index (κ1) is 27.7. The molecule has 1 aliphatic rings. The molecule has 0 saturated heterocycles. The van der Waals surface area contributed by atoms with Crippen molar-refractivity contribution in [3.05, 3.63) is 85.9 Å². The number of halogens is 7. The van der Waals surface area contributed by atoms with E-state index < -0.39 is 45.3 Å². The molecule has 37 heavy (non-hydrogen) atoms. The summed E-state index contributed by atoms with van der Waals surface area (Å²) in [5.41, 5.74) is 0.536. The van der Waals surface area contributed by atoms with Crippen molar-refractivity contribution in [2.45, 2.75) is 17.2 Å². The van der Waals surface area contributed by atoms with Crippen molar-refractivity contribution < 1.29 is 18.4 Å². The molecule has 1 saturated carbocycles. The number of benzene rings is 3. The van der Waals surface area contributed by atoms with Gasteiger partial charge in [0, 0.05) is 18.7 Å². The normalized spacial score (nSPS) is 17.8. The maximum absolute atomic E-state index is 14.6. The second-order valence-corrected chi connectivity index (χ2v) is 11.1. The third-order valence-corrected chi connectivity index (χ3v) is 8.19. The SMILES string of the molecule is CNc1ccc(F)c(NC(=O)c2cc(NC(=O)[C@H]3[C@H](c4ccc(Cl)c(Cl)c4)C3(Cl)Cl)cc(C)c2Cl)c1F. The number of alkyl halides is 2. The first-order valence-corrected chi connectivity index (χ1v) is 12.7. The fourth-order valence-corrected chi connectivity index (χ4v) is 5.37. The van der Waals surface area contributed by atoms with Gasteiger partial charge in [-0.25, -0.2) is 8.78 Å². The number of carbonyl (C=O) groups is 2. The zero-order chi connectivity index (χ0) is 27.2. The number of carbonyl (C=O) groups excluding carboxylic acids is 2. The number of hydrogen-bond acceptors (Lipinski definition) is 3. The summed E-state index contributed by atoms with van der Waals surface area (Å²) < 4.78 is 27.4. The molecule has 0 radical (unpaired) electrons. The van der Waals surface area contributed by atoms with Crippen LogP contribution in [-0.2, 0) is 4.79 Å². The molecular weight excluding hydrogens is 590 g/mol. The lowest BCUT2D eigenvalue weighted by Crippen LogP contribution is -2.19. The maximum atomic E-state index is 14.6. The minimum atomic E-state index is -1.39. The van der Waals surface area contributed by atoms with Gasteiger partial charge in [0.05, 0.1) is 32.2 Å². The summed E-state index contributed by atoms with van der Waals surface area (Å²) in [6.07, 6.45) is 0. The molecule has 0 aliphatic heterocycles. The molecular formula is C25H18Cl5F2N3O2. The molecule has 0 bridgehead atoms. The van der Waals surface area contributed by atoms with E-state index >= 15 is 0 Å². The summed E-state index contributed by atoms with van der Waals surface area (Å²) >= 11 is 31.2. The van der Waals surface area contributed by atoms with E-state index in [1.807, 2.05) is 0 Å². The Hall–Kier alpha value is -2.29. The minimum Gasteiger partial charge on any atom is -0.386 e. The Bertz CT molecular complexity index is 1430. The van der Waals surface area contributed by atoms with E-state index in [9.17, 15) is 18.4 Å². The maximum Gasteiger partial charge on any atom is 0.257 e. The molecule has 4 rings (SSSR count). The Kier molecular flexibility index (Phi) is 7.84. The lowest BCUT2D eigenvalue weighted by Gasteiger charge is -2.14. The summed E-state index contributed by atoms with van der Waals surface area (Å²) in [5, 5.41) is 8.17. The molecule has 1 aliphatic carbocycles. The largest absolute Gasteiger partial charge is 0.386 e. The van der Waals surface area contributed by atoms with E-state index in [4.69, 9.17) is 58.0 Å². The number of amides is 2. The Morgan fingerprint density at radius 2 is 1.65 bits per heavy atom. The van der Waals surface area contributed by atoms with Crippen LogP contribution in [0, 0.1) is 24.5 Å². The fourth-order valence-electron chi connectivity index (χ4n) is 4.04. The minimum absolute atomic E-state index is 0.00779. The highest BCUT2D eigenvalue weighted by atomic mass is 35.5. The lowest BCUT2D eigenvalue weighted by molar-refractivity contribution is -0.117. The van der Waals surface area contributed by atoms with Crippen molar-refractivity contribution in [3.8, 4) is 0 Å². The van der Waals surface area contributed by atoms with Crippen LogP contribution in [0.25, 0.3) is 0 Å². The average molecular weight is 608 g/mol. The van der Waals surface area contributed by atoms with Gasteiger partial charge < -0.3 is 16.0 Å². The third kappa shape index (κ3) is 5.33. The number of hydrogen-bond donors (Lipinski definition) is 3. The molecule has 0 unspecified atom stereocenters. The first-order valence-electron chi connectivity index (χ1n) is 10.8. The van der Waals surface area contributed by atoms with Crippen LogP contribution in [0.3, 0.4) is 0 Å². The first-order chi connectivity index (χ1) is 17.4. The predicted molar refractivity (Wildman–Crippen MR) is 146 cm³/mol. The second kappa shape index (κ2) is 10.5. The average Bonchev–Trinajstić information content (AvgIpc) is 3.42. The van der Waals surface area contributed by atoms with E-state index in [0.29, 0.717) is 21.2 Å². The van der Waals surface area contributed by atoms with Gasteiger partial charge in [0.2, 0.25) is 5.91 Å². The van der Waals surface area contributed by atoms with Crippen molar-refractivity contribution in [3.63, 3.8) is 0 Å². The molecule has 5 nitrogen and oxygen atoms in total. The van der Waals surface area contributed by atoms with Crippen LogP contribution in [0.1, 0.15) is 27.4 Å². The zero-order valence-corrected chi connectivity index (χ0v) is 22.9. The van der Waals surface area contributed by atoms with Crippen LogP contribution < -0.4 is 16.0 Å². The highest BCUT2D eigenvalue weighted by Gasteiger charge is 2.67. The summed E-state index contributed by atoms with van der Waals surface area (Å²) in [5.74, 6) is -4.70. The van der Waals surface area contributed by atoms with Crippen molar-refractivity contribution >= 4 is 86.9 Å². The second-order valence-electron chi connectivity index (χ2n) is 8.44. The van der Waals surface area contributed by atoms with Crippen molar-refractivity contribution in [1.29, 1.82) is 0 Å². The molecule has 0 spiro atoms. The smallest absolute Gasteiger partial charge is 0.257 e. The number of nitrogens with one attached hydrogen (secondary N) is 3. The fraction of sp³-hybridized carbons (Fsp3) is 0.200. The van der Waals surface area contributed by atoms with Gasteiger partial charge in [0.25, 0.3) is 5.91 Å². The summed E-state index contributed by atoms with van der Waals surface area (Å²) in [6, 6.07) is 9.91. The van der Waals surface area contributed by atoms with Crippen LogP contribution >= 0.6 is 58.0 Å². The summed E-state index contributed by atoms with van der Waals surface area (Å²) in [7, 11) is 1.45. The molecule has 12 heteroatoms. The van der Waals surface area contributed by atoms with E-state index in [0.717, 1.165) is 6.07 Å². The van der Waals surface area contributed by atoms with Crippen LogP contribution in [0.2, 0.25) is 15.1 Å². The van der Waals surface area contributed by atoms with Gasteiger partial charge in [0.1, 0.15) is 15.8 Å². The topological polar surface area (TPSA) is 70.2 Å². The number of anilines is 3. The molecule has 3 aromatic carbocycles. The van der Waals surface area contributed by atoms with E-state index in [-0.39, 0.29) is 22.0 Å². The van der Waals surface area contributed by atoms with Crippen molar-refractivity contribution in [1.82, 2.24) is 0 Å². The van der Waals surface area contributed by atoms with Crippen molar-refractivity contribution in [2.24, 2.45) is 5.92 Å². The number of aryl methyl sites for hydroxylation is 1. The quantitative estimate of drug-likeness (QED) is 0.248. The Morgan fingerprint density at radius 3 is 2.30 bits per heavy atom. The van der Waals surface area contributed by atoms with Crippen LogP contribution in [0.5, 0.6) is 0 Å². The van der Waals surface area contributed by atoms with E-state index in [2.05, 4.69) is 16.0 Å². The molecule has 2 amide bonds. The molecule has 2 atom stereocenters. The third-order valence-electron chi connectivity index (χ3n) is 6.00. The molecule has 0 aromatic heterocycles. The monoisotopic (exact) mass is 605 g/mol. The predicted octanol–water partition coefficient (Wildman–Crippen LogP) is 8.05. The van der Waals surface area contributed by atoms with Gasteiger partial charge in [-0.1, -0.05) is 40.9 Å². The van der Waals surface area contributed by atoms with Gasteiger partial charge in [0.15, 0.2) is 5.82 Å². The molecule has 194 valence electrons. The Balaban J connectivity index is 1.57. The van der Waals surface area contributed by atoms with Gasteiger partial charge in [-0.05, 0) is 54.4 Å². The summed E-state index contributed by atoms with van der Waals surface area (Å²) in [6.45, 7) is 1.61. The van der Waals surface area contributed by atoms with E-state index in [1.54, 1.807) is 31.2 Å². The van der Waals surface area contributed by atoms with Crippen molar-refractivity contribution in [2.75, 3.05) is 23.0 Å². The summed E-state index contributed by atoms with van der Waals surface area (Å²) in [4.78, 5) is 26.0. The van der Waals surface area contributed by atoms with E-state index in [1.165, 1.54) is 19.2 Å². The van der Waals surface area contributed by atoms with Gasteiger partial charge in [-0.3, -0.25) is 9.59 Å². The lowest BCUT2D eigenvalue weighted by atomic mass is 10.1. The zero-order valence-electron chi connectivity index (χ0n) is 19.2. The molecule has 3 aromatic rings. The molecule has 3 N–H and O–H groups in total. The van der Waals surface area contributed by atoms with Crippen LogP contribution in [-0.4, -0.2) is 23.2 Å². The number of rotatable bonds is 6. The standard InChI is InChI=1S/C25H18Cl5F2N3O2/c1-10-7-12(34-24(37)19-18(25(19,29)30)11-3-4-14(26)15(27)8-11)9-13(20(10)28)23(36)35-22-16(31)5-6-17(33-2)21(22)32/h3-9,18-19,33H,1-2H3,(H,34,37)(H,35,36)/t18-,19+/m0/s1. The van der Waals surface area contributed by atoms with Crippen LogP contribution in [0.15, 0.2) is 42.5 Å². The van der Waals surface area contributed by atoms with Gasteiger partial charge >= 0.3 is 0 Å². The Labute approximate surface area is 236 Å². The highest BCUT2D eigenvalue weighted by Crippen LogP contribution is 2.65. The molecule has 1 fully saturated rings. The van der Waals surface area contributed by atoms with Gasteiger partial charge in [-0.15, -0.1) is 23.2 Å².